The van der Waals surface area contributed by atoms with E-state index >= 15 is 0 Å². The van der Waals surface area contributed by atoms with Crippen molar-refractivity contribution >= 4 is 34.6 Å². The molecule has 0 atom stereocenters. The zero-order chi connectivity index (χ0) is 19.9. The number of ether oxygens (including phenoxy) is 1. The van der Waals surface area contributed by atoms with Crippen LogP contribution in [0.5, 0.6) is 0 Å². The molecule has 0 spiro atoms. The number of carbonyl (C=O) groups excluding carboxylic acids is 2. The maximum atomic E-state index is 12.4. The Balaban J connectivity index is 1.69. The first kappa shape index (κ1) is 20.2. The number of hydrogen-bond acceptors (Lipinski definition) is 6. The molecule has 3 aromatic rings. The van der Waals surface area contributed by atoms with Gasteiger partial charge in [0.2, 0.25) is 5.91 Å². The van der Waals surface area contributed by atoms with Gasteiger partial charge in [-0.25, -0.2) is 4.98 Å². The van der Waals surface area contributed by atoms with Gasteiger partial charge < -0.3 is 10.1 Å². The summed E-state index contributed by atoms with van der Waals surface area (Å²) < 4.78 is 5.07. The predicted octanol–water partition coefficient (Wildman–Crippen LogP) is 4.54. The number of carbonyl (C=O) groups is 2. The van der Waals surface area contributed by atoms with Crippen LogP contribution in [-0.2, 0) is 20.7 Å². The third-order valence-electron chi connectivity index (χ3n) is 3.81. The molecule has 1 N–H and O–H groups in total. The van der Waals surface area contributed by atoms with Gasteiger partial charge in [0.05, 0.1) is 29.5 Å². The smallest absolute Gasteiger partial charge is 0.307 e. The standard InChI is InChI=1S/C21H22N2O3S2/c1-14(2)26-19(25)10-11-22-18(24)13-17-20(16-9-6-12-27-16)23-21(28-17)15-7-4-3-5-8-15/h3-9,12,14H,10-11,13H2,1-2H3,(H,22,24). The van der Waals surface area contributed by atoms with Crippen molar-refractivity contribution in [3.63, 3.8) is 0 Å². The van der Waals surface area contributed by atoms with Crippen LogP contribution in [0.25, 0.3) is 21.1 Å². The summed E-state index contributed by atoms with van der Waals surface area (Å²) >= 11 is 3.13. The average Bonchev–Trinajstić information content (AvgIpc) is 3.31. The van der Waals surface area contributed by atoms with E-state index in [2.05, 4.69) is 5.32 Å². The molecule has 2 aromatic heterocycles. The number of amides is 1. The third kappa shape index (κ3) is 5.50. The lowest BCUT2D eigenvalue weighted by Crippen LogP contribution is -2.28. The van der Waals surface area contributed by atoms with E-state index in [0.717, 1.165) is 26.0 Å². The van der Waals surface area contributed by atoms with E-state index in [1.54, 1.807) is 25.2 Å². The van der Waals surface area contributed by atoms with Gasteiger partial charge in [0.15, 0.2) is 0 Å². The molecule has 1 amide bonds. The predicted molar refractivity (Wildman–Crippen MR) is 113 cm³/mol. The second-order valence-corrected chi connectivity index (χ2v) is 8.48. The molecule has 0 aliphatic carbocycles. The van der Waals surface area contributed by atoms with Crippen LogP contribution < -0.4 is 5.32 Å². The van der Waals surface area contributed by atoms with Crippen molar-refractivity contribution in [2.24, 2.45) is 0 Å². The molecule has 28 heavy (non-hydrogen) atoms. The Kier molecular flexibility index (Phi) is 6.95. The second kappa shape index (κ2) is 9.61. The van der Waals surface area contributed by atoms with Gasteiger partial charge in [-0.05, 0) is 25.3 Å². The van der Waals surface area contributed by atoms with Crippen LogP contribution in [0.1, 0.15) is 25.1 Å². The van der Waals surface area contributed by atoms with Gasteiger partial charge in [-0.3, -0.25) is 9.59 Å². The number of aromatic nitrogens is 1. The monoisotopic (exact) mass is 414 g/mol. The van der Waals surface area contributed by atoms with Crippen molar-refractivity contribution in [1.29, 1.82) is 0 Å². The van der Waals surface area contributed by atoms with Crippen molar-refractivity contribution in [2.45, 2.75) is 32.8 Å². The molecule has 1 aromatic carbocycles. The fraction of sp³-hybridized carbons (Fsp3) is 0.286. The summed E-state index contributed by atoms with van der Waals surface area (Å²) in [7, 11) is 0. The Labute approximate surface area is 172 Å². The summed E-state index contributed by atoms with van der Waals surface area (Å²) in [6, 6.07) is 13.9. The van der Waals surface area contributed by atoms with Gasteiger partial charge in [-0.2, -0.15) is 0 Å². The summed E-state index contributed by atoms with van der Waals surface area (Å²) in [5.41, 5.74) is 1.89. The summed E-state index contributed by atoms with van der Waals surface area (Å²) in [4.78, 5) is 30.7. The first-order chi connectivity index (χ1) is 13.5. The lowest BCUT2D eigenvalue weighted by molar-refractivity contribution is -0.147. The van der Waals surface area contributed by atoms with Crippen molar-refractivity contribution in [3.05, 3.63) is 52.7 Å². The van der Waals surface area contributed by atoms with Gasteiger partial charge in [0.1, 0.15) is 5.01 Å². The Hall–Kier alpha value is -2.51. The van der Waals surface area contributed by atoms with Crippen LogP contribution in [-0.4, -0.2) is 29.5 Å². The minimum absolute atomic E-state index is 0.126. The molecular formula is C21H22N2O3S2. The Morgan fingerprint density at radius 3 is 2.61 bits per heavy atom. The number of nitrogens with zero attached hydrogens (tertiary/aromatic N) is 1. The SMILES string of the molecule is CC(C)OC(=O)CCNC(=O)Cc1sc(-c2ccccc2)nc1-c1cccs1. The number of thiophene rings is 1. The maximum Gasteiger partial charge on any atom is 0.307 e. The molecule has 0 fully saturated rings. The number of rotatable bonds is 8. The van der Waals surface area contributed by atoms with Crippen LogP contribution >= 0.6 is 22.7 Å². The molecule has 2 heterocycles. The second-order valence-electron chi connectivity index (χ2n) is 6.45. The van der Waals surface area contributed by atoms with Crippen LogP contribution in [0.3, 0.4) is 0 Å². The van der Waals surface area contributed by atoms with E-state index in [9.17, 15) is 9.59 Å². The molecule has 0 saturated heterocycles. The number of nitrogens with one attached hydrogen (secondary N) is 1. The summed E-state index contributed by atoms with van der Waals surface area (Å²) in [6.45, 7) is 3.87. The van der Waals surface area contributed by atoms with Crippen LogP contribution in [0, 0.1) is 0 Å². The molecule has 0 aliphatic rings. The quantitative estimate of drug-likeness (QED) is 0.550. The molecule has 3 rings (SSSR count). The molecule has 5 nitrogen and oxygen atoms in total. The Bertz CT molecular complexity index is 919. The van der Waals surface area contributed by atoms with E-state index in [-0.39, 0.29) is 37.4 Å². The number of esters is 1. The van der Waals surface area contributed by atoms with Crippen LogP contribution in [0.15, 0.2) is 47.8 Å². The van der Waals surface area contributed by atoms with Gasteiger partial charge in [0, 0.05) is 17.0 Å². The zero-order valence-corrected chi connectivity index (χ0v) is 17.4. The minimum atomic E-state index is -0.307. The highest BCUT2D eigenvalue weighted by atomic mass is 32.1. The number of thiazole rings is 1. The van der Waals surface area contributed by atoms with Crippen molar-refractivity contribution < 1.29 is 14.3 Å². The van der Waals surface area contributed by atoms with Gasteiger partial charge >= 0.3 is 5.97 Å². The molecular weight excluding hydrogens is 392 g/mol. The molecule has 0 bridgehead atoms. The highest BCUT2D eigenvalue weighted by Crippen LogP contribution is 2.36. The largest absolute Gasteiger partial charge is 0.463 e. The Morgan fingerprint density at radius 1 is 1.14 bits per heavy atom. The van der Waals surface area contributed by atoms with Crippen molar-refractivity contribution in [1.82, 2.24) is 10.3 Å². The van der Waals surface area contributed by atoms with Gasteiger partial charge in [-0.1, -0.05) is 36.4 Å². The molecule has 7 heteroatoms. The minimum Gasteiger partial charge on any atom is -0.463 e. The van der Waals surface area contributed by atoms with E-state index in [1.165, 1.54) is 11.3 Å². The fourth-order valence-corrected chi connectivity index (χ4v) is 4.50. The van der Waals surface area contributed by atoms with Crippen LogP contribution in [0.4, 0.5) is 0 Å². The van der Waals surface area contributed by atoms with E-state index in [1.807, 2.05) is 47.8 Å². The van der Waals surface area contributed by atoms with Crippen molar-refractivity contribution in [2.75, 3.05) is 6.54 Å². The van der Waals surface area contributed by atoms with Gasteiger partial charge in [-0.15, -0.1) is 22.7 Å². The fourth-order valence-electron chi connectivity index (χ4n) is 2.62. The van der Waals surface area contributed by atoms with Gasteiger partial charge in [0.25, 0.3) is 0 Å². The first-order valence-corrected chi connectivity index (χ1v) is 10.8. The number of benzene rings is 1. The zero-order valence-electron chi connectivity index (χ0n) is 15.8. The molecule has 0 saturated carbocycles. The highest BCUT2D eigenvalue weighted by molar-refractivity contribution is 7.17. The lowest BCUT2D eigenvalue weighted by atomic mass is 10.2. The molecule has 0 radical (unpaired) electrons. The maximum absolute atomic E-state index is 12.4. The summed E-state index contributed by atoms with van der Waals surface area (Å²) in [5.74, 6) is -0.433. The third-order valence-corrected chi connectivity index (χ3v) is 5.79. The topological polar surface area (TPSA) is 68.3 Å². The van der Waals surface area contributed by atoms with Crippen LogP contribution in [0.2, 0.25) is 0 Å². The van der Waals surface area contributed by atoms with E-state index < -0.39 is 0 Å². The van der Waals surface area contributed by atoms with Crippen molar-refractivity contribution in [3.8, 4) is 21.1 Å². The highest BCUT2D eigenvalue weighted by Gasteiger charge is 2.18. The number of hydrogen-bond donors (Lipinski definition) is 1. The van der Waals surface area contributed by atoms with E-state index in [0.29, 0.717) is 0 Å². The molecule has 146 valence electrons. The van der Waals surface area contributed by atoms with E-state index in [4.69, 9.17) is 9.72 Å². The first-order valence-electron chi connectivity index (χ1n) is 9.08. The lowest BCUT2D eigenvalue weighted by Gasteiger charge is -2.08. The normalized spacial score (nSPS) is 10.8. The average molecular weight is 415 g/mol. The molecule has 0 unspecified atom stereocenters. The Morgan fingerprint density at radius 2 is 1.93 bits per heavy atom. The summed E-state index contributed by atoms with van der Waals surface area (Å²) in [6.07, 6.45) is 0.251. The molecule has 0 aliphatic heterocycles. The summed E-state index contributed by atoms with van der Waals surface area (Å²) in [5, 5.41) is 5.70.